The number of hydrogen-bond acceptors (Lipinski definition) is 4. The molecule has 1 aliphatic carbocycles. The monoisotopic (exact) mass is 364 g/mol. The molecule has 7 nitrogen and oxygen atoms in total. The summed E-state index contributed by atoms with van der Waals surface area (Å²) in [5.41, 5.74) is 6.29. The van der Waals surface area contributed by atoms with Crippen LogP contribution in [0, 0.1) is 6.92 Å². The Bertz CT molecular complexity index is 1040. The van der Waals surface area contributed by atoms with E-state index in [4.69, 9.17) is 5.21 Å². The van der Waals surface area contributed by atoms with Crippen molar-refractivity contribution in [3.8, 4) is 0 Å². The van der Waals surface area contributed by atoms with Gasteiger partial charge in [-0.15, -0.1) is 0 Å². The Morgan fingerprint density at radius 3 is 2.85 bits per heavy atom. The standard InChI is InChI=1S/C20H20N4O3/c1-12-18(24-9-3-2-4-17(24)21-12)20(26)22-16-8-7-13-10-15(19(25)23-27)6-5-14(13)11-16/h2-6,9-10,16,27H,7-8,11H2,1H3,(H,22,26)(H,23,25). The van der Waals surface area contributed by atoms with Crippen LogP contribution in [0.25, 0.3) is 5.65 Å². The molecule has 0 bridgehead atoms. The summed E-state index contributed by atoms with van der Waals surface area (Å²) in [4.78, 5) is 28.8. The van der Waals surface area contributed by atoms with Gasteiger partial charge in [0, 0.05) is 17.8 Å². The molecule has 0 aliphatic heterocycles. The first-order valence-electron chi connectivity index (χ1n) is 8.87. The van der Waals surface area contributed by atoms with E-state index in [1.54, 1.807) is 22.0 Å². The minimum atomic E-state index is -0.517. The Hall–Kier alpha value is -3.19. The van der Waals surface area contributed by atoms with E-state index in [-0.39, 0.29) is 11.9 Å². The second kappa shape index (κ2) is 6.85. The van der Waals surface area contributed by atoms with Crippen molar-refractivity contribution >= 4 is 17.5 Å². The van der Waals surface area contributed by atoms with E-state index < -0.39 is 5.91 Å². The molecule has 3 N–H and O–H groups in total. The number of rotatable bonds is 3. The fraction of sp³-hybridized carbons (Fsp3) is 0.250. The van der Waals surface area contributed by atoms with Crippen LogP contribution in [0.5, 0.6) is 0 Å². The topological polar surface area (TPSA) is 95.7 Å². The van der Waals surface area contributed by atoms with Gasteiger partial charge in [-0.2, -0.15) is 0 Å². The van der Waals surface area contributed by atoms with Crippen LogP contribution < -0.4 is 10.8 Å². The summed E-state index contributed by atoms with van der Waals surface area (Å²) in [6, 6.07) is 11.0. The molecule has 1 unspecified atom stereocenters. The lowest BCUT2D eigenvalue weighted by Crippen LogP contribution is -2.39. The zero-order valence-corrected chi connectivity index (χ0v) is 14.9. The zero-order chi connectivity index (χ0) is 19.0. The number of nitrogens with one attached hydrogen (secondary N) is 2. The number of carbonyl (C=O) groups is 2. The second-order valence-electron chi connectivity index (χ2n) is 6.81. The van der Waals surface area contributed by atoms with E-state index in [1.807, 2.05) is 37.4 Å². The number of benzene rings is 1. The molecule has 4 rings (SSSR count). The SMILES string of the molecule is Cc1nc2ccccn2c1C(=O)NC1CCc2cc(C(=O)NO)ccc2C1. The number of hydroxylamine groups is 1. The van der Waals surface area contributed by atoms with Crippen LogP contribution in [0.15, 0.2) is 42.6 Å². The third-order valence-corrected chi connectivity index (χ3v) is 5.05. The molecular formula is C20H20N4O3. The summed E-state index contributed by atoms with van der Waals surface area (Å²) in [6.07, 6.45) is 4.10. The van der Waals surface area contributed by atoms with Crippen molar-refractivity contribution in [2.24, 2.45) is 0 Å². The Kier molecular flexibility index (Phi) is 4.37. The fourth-order valence-electron chi connectivity index (χ4n) is 3.72. The van der Waals surface area contributed by atoms with Crippen LogP contribution in [-0.4, -0.2) is 32.4 Å². The number of pyridine rings is 1. The summed E-state index contributed by atoms with van der Waals surface area (Å²) in [5, 5.41) is 11.9. The minimum absolute atomic E-state index is 0.0242. The van der Waals surface area contributed by atoms with E-state index in [1.165, 1.54) is 0 Å². The summed E-state index contributed by atoms with van der Waals surface area (Å²) >= 11 is 0. The number of carbonyl (C=O) groups excluding carboxylic acids is 2. The van der Waals surface area contributed by atoms with E-state index in [2.05, 4.69) is 10.3 Å². The smallest absolute Gasteiger partial charge is 0.274 e. The number of aryl methyl sites for hydroxylation is 2. The largest absolute Gasteiger partial charge is 0.348 e. The molecule has 0 fully saturated rings. The third-order valence-electron chi connectivity index (χ3n) is 5.05. The Morgan fingerprint density at radius 1 is 1.19 bits per heavy atom. The number of hydrogen-bond donors (Lipinski definition) is 3. The summed E-state index contributed by atoms with van der Waals surface area (Å²) in [5.74, 6) is -0.646. The highest BCUT2D eigenvalue weighted by Crippen LogP contribution is 2.23. The van der Waals surface area contributed by atoms with Gasteiger partial charge in [-0.3, -0.25) is 19.2 Å². The fourth-order valence-corrected chi connectivity index (χ4v) is 3.72. The molecular weight excluding hydrogens is 344 g/mol. The van der Waals surface area contributed by atoms with Gasteiger partial charge < -0.3 is 5.32 Å². The zero-order valence-electron chi connectivity index (χ0n) is 14.9. The molecule has 7 heteroatoms. The molecule has 0 saturated carbocycles. The molecule has 0 spiro atoms. The Morgan fingerprint density at radius 2 is 2.04 bits per heavy atom. The summed E-state index contributed by atoms with van der Waals surface area (Å²) in [7, 11) is 0. The average molecular weight is 364 g/mol. The molecule has 2 heterocycles. The van der Waals surface area contributed by atoms with Gasteiger partial charge in [0.25, 0.3) is 11.8 Å². The molecule has 1 aliphatic rings. The highest BCUT2D eigenvalue weighted by atomic mass is 16.5. The lowest BCUT2D eigenvalue weighted by atomic mass is 9.87. The molecule has 0 radical (unpaired) electrons. The number of imidazole rings is 1. The number of fused-ring (bicyclic) bond motifs is 2. The lowest BCUT2D eigenvalue weighted by Gasteiger charge is -2.26. The highest BCUT2D eigenvalue weighted by molar-refractivity contribution is 5.95. The average Bonchev–Trinajstić information content (AvgIpc) is 3.02. The Labute approximate surface area is 156 Å². The van der Waals surface area contributed by atoms with Crippen molar-refractivity contribution in [1.29, 1.82) is 0 Å². The lowest BCUT2D eigenvalue weighted by molar-refractivity contribution is 0.0706. The summed E-state index contributed by atoms with van der Waals surface area (Å²) < 4.78 is 1.81. The van der Waals surface area contributed by atoms with Gasteiger partial charge in [-0.1, -0.05) is 12.1 Å². The van der Waals surface area contributed by atoms with Crippen LogP contribution in [0.2, 0.25) is 0 Å². The van der Waals surface area contributed by atoms with Gasteiger partial charge in [-0.25, -0.2) is 10.5 Å². The van der Waals surface area contributed by atoms with Crippen molar-refractivity contribution in [1.82, 2.24) is 20.2 Å². The number of aromatic nitrogens is 2. The van der Waals surface area contributed by atoms with Gasteiger partial charge in [0.15, 0.2) is 0 Å². The maximum Gasteiger partial charge on any atom is 0.274 e. The number of nitrogens with zero attached hydrogens (tertiary/aromatic N) is 2. The van der Waals surface area contributed by atoms with Gasteiger partial charge >= 0.3 is 0 Å². The molecule has 27 heavy (non-hydrogen) atoms. The van der Waals surface area contributed by atoms with E-state index in [0.717, 1.165) is 29.6 Å². The van der Waals surface area contributed by atoms with Crippen molar-refractivity contribution in [3.63, 3.8) is 0 Å². The molecule has 2 amide bonds. The van der Waals surface area contributed by atoms with Crippen LogP contribution in [0.3, 0.4) is 0 Å². The van der Waals surface area contributed by atoms with Gasteiger partial charge in [0.1, 0.15) is 11.3 Å². The van der Waals surface area contributed by atoms with Crippen molar-refractivity contribution in [3.05, 3.63) is 70.7 Å². The van der Waals surface area contributed by atoms with Crippen molar-refractivity contribution in [2.45, 2.75) is 32.2 Å². The van der Waals surface area contributed by atoms with E-state index >= 15 is 0 Å². The molecule has 2 aromatic heterocycles. The third kappa shape index (κ3) is 3.17. The summed E-state index contributed by atoms with van der Waals surface area (Å²) in [6.45, 7) is 1.84. The maximum absolute atomic E-state index is 12.9. The van der Waals surface area contributed by atoms with Gasteiger partial charge in [0.05, 0.1) is 5.69 Å². The quantitative estimate of drug-likeness (QED) is 0.490. The Balaban J connectivity index is 1.52. The van der Waals surface area contributed by atoms with Gasteiger partial charge in [0.2, 0.25) is 0 Å². The van der Waals surface area contributed by atoms with Crippen LogP contribution >= 0.6 is 0 Å². The van der Waals surface area contributed by atoms with Crippen molar-refractivity contribution < 1.29 is 14.8 Å². The molecule has 1 aromatic carbocycles. The van der Waals surface area contributed by atoms with Crippen LogP contribution in [0.1, 0.15) is 44.1 Å². The normalized spacial score (nSPS) is 16.0. The first-order valence-corrected chi connectivity index (χ1v) is 8.87. The second-order valence-corrected chi connectivity index (χ2v) is 6.81. The van der Waals surface area contributed by atoms with Crippen LogP contribution in [0.4, 0.5) is 0 Å². The van der Waals surface area contributed by atoms with Gasteiger partial charge in [-0.05, 0) is 61.6 Å². The molecule has 1 atom stereocenters. The highest BCUT2D eigenvalue weighted by Gasteiger charge is 2.24. The first kappa shape index (κ1) is 17.2. The van der Waals surface area contributed by atoms with Crippen molar-refractivity contribution in [2.75, 3.05) is 0 Å². The predicted octanol–water partition coefficient (Wildman–Crippen LogP) is 2.05. The minimum Gasteiger partial charge on any atom is -0.348 e. The first-order chi connectivity index (χ1) is 13.1. The number of amides is 2. The molecule has 138 valence electrons. The van der Waals surface area contributed by atoms with Crippen LogP contribution in [-0.2, 0) is 12.8 Å². The van der Waals surface area contributed by atoms with E-state index in [0.29, 0.717) is 23.4 Å². The maximum atomic E-state index is 12.9. The molecule has 3 aromatic rings. The predicted molar refractivity (Wildman–Crippen MR) is 98.9 cm³/mol. The van der Waals surface area contributed by atoms with E-state index in [9.17, 15) is 9.59 Å². The molecule has 0 saturated heterocycles.